The van der Waals surface area contributed by atoms with Gasteiger partial charge in [0.2, 0.25) is 0 Å². The Morgan fingerprint density at radius 2 is 2.10 bits per heavy atom. The van der Waals surface area contributed by atoms with Crippen LogP contribution in [0.1, 0.15) is 48.8 Å². The number of nitrogens with zero attached hydrogens (tertiary/aromatic N) is 2. The molecule has 1 aromatic carbocycles. The molecule has 0 fully saturated rings. The van der Waals surface area contributed by atoms with Crippen LogP contribution in [0.15, 0.2) is 30.3 Å². The van der Waals surface area contributed by atoms with E-state index in [-0.39, 0.29) is 6.04 Å². The molecule has 1 aromatic heterocycles. The molecule has 0 aliphatic rings. The maximum atomic E-state index is 5.79. The number of hydrazine groups is 1. The van der Waals surface area contributed by atoms with Crippen LogP contribution in [-0.4, -0.2) is 9.78 Å². The zero-order chi connectivity index (χ0) is 14.5. The standard InChI is InChI=1S/C16H24N4/c1-4-7-12-8-6-9-13(10-12)16(18-17)15-11-14(5-2)19-20(15)3/h6,8-11,16,18H,4-5,7,17H2,1-3H3. The summed E-state index contributed by atoms with van der Waals surface area (Å²) in [6.45, 7) is 4.30. The molecule has 3 N–H and O–H groups in total. The second kappa shape index (κ2) is 6.68. The van der Waals surface area contributed by atoms with Crippen molar-refractivity contribution in [3.8, 4) is 0 Å². The maximum Gasteiger partial charge on any atom is 0.0878 e. The first-order valence-electron chi connectivity index (χ1n) is 7.27. The predicted molar refractivity (Wildman–Crippen MR) is 82.2 cm³/mol. The fraction of sp³-hybridized carbons (Fsp3) is 0.438. The summed E-state index contributed by atoms with van der Waals surface area (Å²) >= 11 is 0. The van der Waals surface area contributed by atoms with Crippen LogP contribution < -0.4 is 11.3 Å². The molecule has 20 heavy (non-hydrogen) atoms. The van der Waals surface area contributed by atoms with E-state index >= 15 is 0 Å². The molecule has 0 saturated heterocycles. The first-order valence-corrected chi connectivity index (χ1v) is 7.27. The van der Waals surface area contributed by atoms with Gasteiger partial charge in [-0.15, -0.1) is 0 Å². The summed E-state index contributed by atoms with van der Waals surface area (Å²) in [6.07, 6.45) is 3.17. The van der Waals surface area contributed by atoms with E-state index < -0.39 is 0 Å². The second-order valence-electron chi connectivity index (χ2n) is 5.13. The number of hydrogen-bond acceptors (Lipinski definition) is 3. The number of rotatable bonds is 6. The zero-order valence-corrected chi connectivity index (χ0v) is 12.6. The summed E-state index contributed by atoms with van der Waals surface area (Å²) in [5.74, 6) is 5.79. The van der Waals surface area contributed by atoms with Gasteiger partial charge in [0.1, 0.15) is 0 Å². The van der Waals surface area contributed by atoms with Gasteiger partial charge >= 0.3 is 0 Å². The average molecular weight is 272 g/mol. The lowest BCUT2D eigenvalue weighted by Crippen LogP contribution is -2.30. The predicted octanol–water partition coefficient (Wildman–Crippen LogP) is 2.49. The maximum absolute atomic E-state index is 5.79. The van der Waals surface area contributed by atoms with Gasteiger partial charge < -0.3 is 0 Å². The monoisotopic (exact) mass is 272 g/mol. The summed E-state index contributed by atoms with van der Waals surface area (Å²) in [6, 6.07) is 10.7. The molecule has 0 aliphatic heterocycles. The molecule has 0 bridgehead atoms. The normalized spacial score (nSPS) is 12.6. The molecule has 0 spiro atoms. The van der Waals surface area contributed by atoms with Crippen LogP contribution in [-0.2, 0) is 19.9 Å². The van der Waals surface area contributed by atoms with Gasteiger partial charge in [-0.3, -0.25) is 10.5 Å². The molecule has 2 aromatic rings. The first kappa shape index (κ1) is 14.8. The van der Waals surface area contributed by atoms with Gasteiger partial charge in [0.05, 0.1) is 17.4 Å². The number of aryl methyl sites for hydroxylation is 3. The molecule has 0 radical (unpaired) electrons. The van der Waals surface area contributed by atoms with Crippen LogP contribution >= 0.6 is 0 Å². The molecule has 1 heterocycles. The summed E-state index contributed by atoms with van der Waals surface area (Å²) in [5.41, 5.74) is 7.64. The van der Waals surface area contributed by atoms with Crippen molar-refractivity contribution in [2.45, 2.75) is 39.2 Å². The Morgan fingerprint density at radius 3 is 2.70 bits per heavy atom. The Morgan fingerprint density at radius 1 is 1.30 bits per heavy atom. The zero-order valence-electron chi connectivity index (χ0n) is 12.6. The average Bonchev–Trinajstić information content (AvgIpc) is 2.82. The van der Waals surface area contributed by atoms with Crippen LogP contribution in [0.4, 0.5) is 0 Å². The SMILES string of the molecule is CCCc1cccc(C(NN)c2cc(CC)nn2C)c1. The van der Waals surface area contributed by atoms with E-state index in [4.69, 9.17) is 5.84 Å². The van der Waals surface area contributed by atoms with Crippen molar-refractivity contribution in [3.63, 3.8) is 0 Å². The van der Waals surface area contributed by atoms with Crippen LogP contribution in [0.3, 0.4) is 0 Å². The summed E-state index contributed by atoms with van der Waals surface area (Å²) in [4.78, 5) is 0. The molecule has 1 unspecified atom stereocenters. The first-order chi connectivity index (χ1) is 9.69. The molecule has 108 valence electrons. The summed E-state index contributed by atoms with van der Waals surface area (Å²) in [7, 11) is 1.97. The molecule has 0 saturated carbocycles. The topological polar surface area (TPSA) is 55.9 Å². The molecule has 4 heteroatoms. The lowest BCUT2D eigenvalue weighted by atomic mass is 9.99. The minimum absolute atomic E-state index is 0.0235. The Hall–Kier alpha value is -1.65. The molecular formula is C16H24N4. The minimum atomic E-state index is -0.0235. The van der Waals surface area contributed by atoms with E-state index in [1.807, 2.05) is 11.7 Å². The fourth-order valence-corrected chi connectivity index (χ4v) is 2.56. The third-order valence-electron chi connectivity index (χ3n) is 3.61. The highest BCUT2D eigenvalue weighted by Crippen LogP contribution is 2.23. The highest BCUT2D eigenvalue weighted by atomic mass is 15.3. The van der Waals surface area contributed by atoms with E-state index in [0.29, 0.717) is 0 Å². The summed E-state index contributed by atoms with van der Waals surface area (Å²) in [5, 5.41) is 4.50. The van der Waals surface area contributed by atoms with Gasteiger partial charge in [0.15, 0.2) is 0 Å². The Balaban J connectivity index is 2.35. The third-order valence-corrected chi connectivity index (χ3v) is 3.61. The van der Waals surface area contributed by atoms with Gasteiger partial charge in [-0.25, -0.2) is 5.43 Å². The molecule has 4 nitrogen and oxygen atoms in total. The van der Waals surface area contributed by atoms with Crippen LogP contribution in [0, 0.1) is 0 Å². The van der Waals surface area contributed by atoms with Gasteiger partial charge in [-0.05, 0) is 30.0 Å². The van der Waals surface area contributed by atoms with Crippen molar-refractivity contribution in [3.05, 3.63) is 52.8 Å². The van der Waals surface area contributed by atoms with Crippen molar-refractivity contribution >= 4 is 0 Å². The van der Waals surface area contributed by atoms with E-state index in [0.717, 1.165) is 30.7 Å². The number of benzene rings is 1. The van der Waals surface area contributed by atoms with Crippen molar-refractivity contribution < 1.29 is 0 Å². The van der Waals surface area contributed by atoms with Crippen molar-refractivity contribution in [2.75, 3.05) is 0 Å². The van der Waals surface area contributed by atoms with Crippen molar-refractivity contribution in [1.82, 2.24) is 15.2 Å². The molecular weight excluding hydrogens is 248 g/mol. The molecule has 0 amide bonds. The summed E-state index contributed by atoms with van der Waals surface area (Å²) < 4.78 is 1.91. The van der Waals surface area contributed by atoms with Crippen molar-refractivity contribution in [1.29, 1.82) is 0 Å². The van der Waals surface area contributed by atoms with Gasteiger partial charge in [-0.2, -0.15) is 5.10 Å². The number of aromatic nitrogens is 2. The Bertz CT molecular complexity index is 559. The van der Waals surface area contributed by atoms with Gasteiger partial charge in [0.25, 0.3) is 0 Å². The van der Waals surface area contributed by atoms with Crippen LogP contribution in [0.2, 0.25) is 0 Å². The Labute approximate surface area is 121 Å². The van der Waals surface area contributed by atoms with Crippen molar-refractivity contribution in [2.24, 2.45) is 12.9 Å². The van der Waals surface area contributed by atoms with Gasteiger partial charge in [-0.1, -0.05) is 44.5 Å². The molecule has 0 aliphatic carbocycles. The number of hydrogen-bond donors (Lipinski definition) is 2. The smallest absolute Gasteiger partial charge is 0.0878 e. The minimum Gasteiger partial charge on any atom is -0.271 e. The van der Waals surface area contributed by atoms with Gasteiger partial charge in [0, 0.05) is 7.05 Å². The number of nitrogens with one attached hydrogen (secondary N) is 1. The second-order valence-corrected chi connectivity index (χ2v) is 5.13. The lowest BCUT2D eigenvalue weighted by molar-refractivity contribution is 0.573. The number of nitrogens with two attached hydrogens (primary N) is 1. The van der Waals surface area contributed by atoms with Crippen LogP contribution in [0.25, 0.3) is 0 Å². The lowest BCUT2D eigenvalue weighted by Gasteiger charge is -2.17. The van der Waals surface area contributed by atoms with E-state index in [2.05, 4.69) is 54.7 Å². The van der Waals surface area contributed by atoms with E-state index in [1.54, 1.807) is 0 Å². The quantitative estimate of drug-likeness (QED) is 0.627. The molecule has 1 atom stereocenters. The third kappa shape index (κ3) is 3.08. The van der Waals surface area contributed by atoms with Crippen LogP contribution in [0.5, 0.6) is 0 Å². The van der Waals surface area contributed by atoms with E-state index in [1.165, 1.54) is 11.1 Å². The van der Waals surface area contributed by atoms with E-state index in [9.17, 15) is 0 Å². The molecule has 2 rings (SSSR count). The Kier molecular flexibility index (Phi) is 4.93. The fourth-order valence-electron chi connectivity index (χ4n) is 2.56. The highest BCUT2D eigenvalue weighted by molar-refractivity contribution is 5.32. The largest absolute Gasteiger partial charge is 0.271 e. The highest BCUT2D eigenvalue weighted by Gasteiger charge is 2.17.